The van der Waals surface area contributed by atoms with Crippen LogP contribution >= 0.6 is 0 Å². The van der Waals surface area contributed by atoms with E-state index >= 15 is 0 Å². The first-order valence-corrected chi connectivity index (χ1v) is 4.50. The summed E-state index contributed by atoms with van der Waals surface area (Å²) in [5.41, 5.74) is 0.269. The zero-order chi connectivity index (χ0) is 11.9. The number of nitrogens with zero attached hydrogens (tertiary/aromatic N) is 1. The van der Waals surface area contributed by atoms with Gasteiger partial charge in [-0.1, -0.05) is 0 Å². The number of rotatable bonds is 1. The molecule has 0 bridgehead atoms. The van der Waals surface area contributed by atoms with E-state index in [4.69, 9.17) is 0 Å². The molecule has 1 heterocycles. The lowest BCUT2D eigenvalue weighted by Crippen LogP contribution is -2.26. The molecule has 86 valence electrons. The maximum Gasteiger partial charge on any atom is 0.586 e. The predicted octanol–water partition coefficient (Wildman–Crippen LogP) is 1.71. The van der Waals surface area contributed by atoms with Crippen LogP contribution in [0.15, 0.2) is 18.2 Å². The summed E-state index contributed by atoms with van der Waals surface area (Å²) in [6.45, 7) is 0. The molecule has 1 amide bonds. The second-order valence-corrected chi connectivity index (χ2v) is 3.53. The largest absolute Gasteiger partial charge is 0.586 e. The fourth-order valence-corrected chi connectivity index (χ4v) is 1.34. The zero-order valence-corrected chi connectivity index (χ0v) is 8.66. The number of halogens is 2. The third-order valence-corrected chi connectivity index (χ3v) is 2.05. The van der Waals surface area contributed by atoms with Crippen LogP contribution in [0.1, 0.15) is 10.4 Å². The Morgan fingerprint density at radius 1 is 1.25 bits per heavy atom. The van der Waals surface area contributed by atoms with Crippen LogP contribution < -0.4 is 9.47 Å². The van der Waals surface area contributed by atoms with Crippen LogP contribution in [0.25, 0.3) is 0 Å². The van der Waals surface area contributed by atoms with E-state index in [1.54, 1.807) is 14.1 Å². The highest BCUT2D eigenvalue weighted by Gasteiger charge is 2.43. The molecule has 0 spiro atoms. The van der Waals surface area contributed by atoms with E-state index < -0.39 is 6.29 Å². The predicted molar refractivity (Wildman–Crippen MR) is 50.7 cm³/mol. The van der Waals surface area contributed by atoms with Gasteiger partial charge in [0.25, 0.3) is 5.91 Å². The van der Waals surface area contributed by atoms with Gasteiger partial charge in [-0.2, -0.15) is 0 Å². The number of alkyl halides is 2. The molecule has 1 aromatic rings. The molecule has 16 heavy (non-hydrogen) atoms. The summed E-state index contributed by atoms with van der Waals surface area (Å²) in [5, 5.41) is 0. The quantitative estimate of drug-likeness (QED) is 0.735. The molecule has 0 saturated carbocycles. The van der Waals surface area contributed by atoms with Crippen LogP contribution in [-0.2, 0) is 0 Å². The smallest absolute Gasteiger partial charge is 0.395 e. The number of hydrogen-bond donors (Lipinski definition) is 0. The number of hydrogen-bond acceptors (Lipinski definition) is 3. The van der Waals surface area contributed by atoms with E-state index in [9.17, 15) is 13.6 Å². The van der Waals surface area contributed by atoms with Crippen molar-refractivity contribution in [2.24, 2.45) is 0 Å². The maximum atomic E-state index is 12.7. The summed E-state index contributed by atoms with van der Waals surface area (Å²) in [4.78, 5) is 12.9. The van der Waals surface area contributed by atoms with Crippen molar-refractivity contribution in [3.05, 3.63) is 23.8 Å². The number of carbonyl (C=O) groups excluding carboxylic acids is 1. The zero-order valence-electron chi connectivity index (χ0n) is 8.66. The van der Waals surface area contributed by atoms with Gasteiger partial charge in [-0.25, -0.2) is 0 Å². The molecule has 4 nitrogen and oxygen atoms in total. The van der Waals surface area contributed by atoms with Crippen LogP contribution in [-0.4, -0.2) is 31.2 Å². The standard InChI is InChI=1S/C10H9F2NO3/c1-13(2)9(14)6-3-4-7-8(5-6)16-10(11,12)15-7/h3-5H,1-2H3. The molecule has 0 atom stereocenters. The number of ether oxygens (including phenoxy) is 2. The third kappa shape index (κ3) is 1.78. The molecule has 0 saturated heterocycles. The molecule has 0 radical (unpaired) electrons. The van der Waals surface area contributed by atoms with Crippen LogP contribution in [0.3, 0.4) is 0 Å². The van der Waals surface area contributed by atoms with E-state index in [1.807, 2.05) is 0 Å². The Morgan fingerprint density at radius 2 is 1.88 bits per heavy atom. The minimum absolute atomic E-state index is 0.0692. The van der Waals surface area contributed by atoms with E-state index in [-0.39, 0.29) is 23.0 Å². The molecule has 1 aliphatic heterocycles. The maximum absolute atomic E-state index is 12.7. The van der Waals surface area contributed by atoms with Crippen LogP contribution in [0, 0.1) is 0 Å². The fraction of sp³-hybridized carbons (Fsp3) is 0.300. The van der Waals surface area contributed by atoms with Gasteiger partial charge in [0, 0.05) is 19.7 Å². The first kappa shape index (κ1) is 10.7. The van der Waals surface area contributed by atoms with Gasteiger partial charge in [-0.05, 0) is 18.2 Å². The molecule has 0 N–H and O–H groups in total. The molecule has 0 aromatic heterocycles. The summed E-state index contributed by atoms with van der Waals surface area (Å²) in [6, 6.07) is 3.93. The summed E-state index contributed by atoms with van der Waals surface area (Å²) < 4.78 is 33.8. The Labute approximate surface area is 90.4 Å². The highest BCUT2D eigenvalue weighted by molar-refractivity contribution is 5.94. The minimum atomic E-state index is -3.65. The second-order valence-electron chi connectivity index (χ2n) is 3.53. The highest BCUT2D eigenvalue weighted by Crippen LogP contribution is 2.41. The fourth-order valence-electron chi connectivity index (χ4n) is 1.34. The summed E-state index contributed by atoms with van der Waals surface area (Å²) >= 11 is 0. The number of amides is 1. The Hall–Kier alpha value is -1.85. The lowest BCUT2D eigenvalue weighted by atomic mass is 10.2. The first-order chi connectivity index (χ1) is 7.39. The molecule has 1 aromatic carbocycles. The van der Waals surface area contributed by atoms with E-state index in [0.29, 0.717) is 0 Å². The molecule has 2 rings (SSSR count). The van der Waals surface area contributed by atoms with Crippen LogP contribution in [0.2, 0.25) is 0 Å². The van der Waals surface area contributed by atoms with Gasteiger partial charge >= 0.3 is 6.29 Å². The Balaban J connectivity index is 2.33. The molecule has 6 heteroatoms. The minimum Gasteiger partial charge on any atom is -0.395 e. The number of benzene rings is 1. The van der Waals surface area contributed by atoms with Crippen molar-refractivity contribution in [3.63, 3.8) is 0 Å². The lowest BCUT2D eigenvalue weighted by molar-refractivity contribution is -0.286. The van der Waals surface area contributed by atoms with Gasteiger partial charge < -0.3 is 14.4 Å². The van der Waals surface area contributed by atoms with E-state index in [0.717, 1.165) is 0 Å². The monoisotopic (exact) mass is 229 g/mol. The van der Waals surface area contributed by atoms with Gasteiger partial charge in [-0.15, -0.1) is 8.78 Å². The Bertz CT molecular complexity index is 446. The molecular formula is C10H9F2NO3. The van der Waals surface area contributed by atoms with E-state index in [1.165, 1.54) is 23.1 Å². The molecule has 1 aliphatic rings. The number of carbonyl (C=O) groups is 1. The van der Waals surface area contributed by atoms with Crippen molar-refractivity contribution in [3.8, 4) is 11.5 Å². The Kier molecular flexibility index (Phi) is 2.22. The first-order valence-electron chi connectivity index (χ1n) is 4.50. The van der Waals surface area contributed by atoms with Crippen molar-refractivity contribution < 1.29 is 23.0 Å². The van der Waals surface area contributed by atoms with Crippen molar-refractivity contribution in [1.29, 1.82) is 0 Å². The molecule has 0 unspecified atom stereocenters. The van der Waals surface area contributed by atoms with Crippen molar-refractivity contribution in [2.75, 3.05) is 14.1 Å². The van der Waals surface area contributed by atoms with E-state index in [2.05, 4.69) is 9.47 Å². The lowest BCUT2D eigenvalue weighted by Gasteiger charge is -2.09. The Morgan fingerprint density at radius 3 is 2.50 bits per heavy atom. The normalized spacial score (nSPS) is 16.0. The van der Waals surface area contributed by atoms with Gasteiger partial charge in [0.05, 0.1) is 0 Å². The second kappa shape index (κ2) is 3.33. The van der Waals surface area contributed by atoms with Crippen molar-refractivity contribution in [2.45, 2.75) is 6.29 Å². The number of fused-ring (bicyclic) bond motifs is 1. The SMILES string of the molecule is CN(C)C(=O)c1ccc2c(c1)OC(F)(F)O2. The average Bonchev–Trinajstić information content (AvgIpc) is 2.48. The van der Waals surface area contributed by atoms with Gasteiger partial charge in [0.15, 0.2) is 11.5 Å². The van der Waals surface area contributed by atoms with Crippen LogP contribution in [0.5, 0.6) is 11.5 Å². The molecular weight excluding hydrogens is 220 g/mol. The average molecular weight is 229 g/mol. The summed E-state index contributed by atoms with van der Waals surface area (Å²) in [6.07, 6.45) is -3.65. The van der Waals surface area contributed by atoms with Gasteiger partial charge in [0.1, 0.15) is 0 Å². The molecule has 0 fully saturated rings. The topological polar surface area (TPSA) is 38.8 Å². The summed E-state index contributed by atoms with van der Waals surface area (Å²) in [5.74, 6) is -0.486. The van der Waals surface area contributed by atoms with Crippen LogP contribution in [0.4, 0.5) is 8.78 Å². The van der Waals surface area contributed by atoms with Gasteiger partial charge in [0.2, 0.25) is 0 Å². The van der Waals surface area contributed by atoms with Crippen molar-refractivity contribution >= 4 is 5.91 Å². The molecule has 0 aliphatic carbocycles. The highest BCUT2D eigenvalue weighted by atomic mass is 19.3. The van der Waals surface area contributed by atoms with Crippen molar-refractivity contribution in [1.82, 2.24) is 4.90 Å². The summed E-state index contributed by atoms with van der Waals surface area (Å²) in [7, 11) is 3.14. The van der Waals surface area contributed by atoms with Gasteiger partial charge in [-0.3, -0.25) is 4.79 Å². The third-order valence-electron chi connectivity index (χ3n) is 2.05.